The molecule has 0 aromatic rings. The van der Waals surface area contributed by atoms with Crippen LogP contribution in [0, 0.1) is 11.8 Å². The smallest absolute Gasteiger partial charge is 0.00966 e. The minimum atomic E-state index is 0.841. The Morgan fingerprint density at radius 2 is 2.00 bits per heavy atom. The van der Waals surface area contributed by atoms with Gasteiger partial charge in [0, 0.05) is 19.1 Å². The van der Waals surface area contributed by atoms with Crippen LogP contribution in [0.15, 0.2) is 0 Å². The zero-order chi connectivity index (χ0) is 10.7. The van der Waals surface area contributed by atoms with Crippen molar-refractivity contribution >= 4 is 0 Å². The standard InChI is InChI=1S/C13H26N2/c1-11(3-2-8-14)9-15(13-6-7-13)10-12-4-5-12/h11-13H,2-10,14H2,1H3. The Kier molecular flexibility index (Phi) is 4.04. The molecule has 0 amide bonds. The predicted octanol–water partition coefficient (Wildman–Crippen LogP) is 2.24. The molecule has 0 aliphatic heterocycles. The van der Waals surface area contributed by atoms with Crippen molar-refractivity contribution in [2.24, 2.45) is 17.6 Å². The van der Waals surface area contributed by atoms with Gasteiger partial charge in [0.05, 0.1) is 0 Å². The zero-order valence-corrected chi connectivity index (χ0v) is 10.1. The molecule has 0 spiro atoms. The van der Waals surface area contributed by atoms with Gasteiger partial charge < -0.3 is 5.73 Å². The Morgan fingerprint density at radius 1 is 1.27 bits per heavy atom. The average molecular weight is 210 g/mol. The van der Waals surface area contributed by atoms with E-state index in [-0.39, 0.29) is 0 Å². The summed E-state index contributed by atoms with van der Waals surface area (Å²) in [5.41, 5.74) is 5.56. The summed E-state index contributed by atoms with van der Waals surface area (Å²) in [6.07, 6.45) is 8.39. The molecule has 2 fully saturated rings. The van der Waals surface area contributed by atoms with E-state index in [4.69, 9.17) is 5.73 Å². The summed E-state index contributed by atoms with van der Waals surface area (Å²) >= 11 is 0. The summed E-state index contributed by atoms with van der Waals surface area (Å²) in [5.74, 6) is 1.89. The minimum absolute atomic E-state index is 0.841. The molecule has 0 heterocycles. The van der Waals surface area contributed by atoms with E-state index in [9.17, 15) is 0 Å². The highest BCUT2D eigenvalue weighted by Gasteiger charge is 2.33. The number of hydrogen-bond donors (Lipinski definition) is 1. The largest absolute Gasteiger partial charge is 0.330 e. The Labute approximate surface area is 94.2 Å². The number of nitrogens with two attached hydrogens (primary N) is 1. The van der Waals surface area contributed by atoms with Gasteiger partial charge in [-0.3, -0.25) is 4.90 Å². The first kappa shape index (κ1) is 11.4. The maximum Gasteiger partial charge on any atom is 0.00966 e. The van der Waals surface area contributed by atoms with Crippen molar-refractivity contribution in [2.45, 2.75) is 51.5 Å². The Hall–Kier alpha value is -0.0800. The van der Waals surface area contributed by atoms with Gasteiger partial charge in [-0.1, -0.05) is 6.92 Å². The lowest BCUT2D eigenvalue weighted by Gasteiger charge is -2.25. The zero-order valence-electron chi connectivity index (χ0n) is 10.1. The van der Waals surface area contributed by atoms with Gasteiger partial charge in [0.2, 0.25) is 0 Å². The van der Waals surface area contributed by atoms with Gasteiger partial charge in [-0.2, -0.15) is 0 Å². The van der Waals surface area contributed by atoms with Crippen LogP contribution in [0.25, 0.3) is 0 Å². The molecule has 2 heteroatoms. The van der Waals surface area contributed by atoms with Crippen LogP contribution in [-0.2, 0) is 0 Å². The summed E-state index contributed by atoms with van der Waals surface area (Å²) in [6, 6.07) is 0.950. The molecule has 0 radical (unpaired) electrons. The quantitative estimate of drug-likeness (QED) is 0.666. The van der Waals surface area contributed by atoms with Crippen molar-refractivity contribution < 1.29 is 0 Å². The summed E-state index contributed by atoms with van der Waals surface area (Å²) in [5, 5.41) is 0. The van der Waals surface area contributed by atoms with Crippen molar-refractivity contribution in [2.75, 3.05) is 19.6 Å². The van der Waals surface area contributed by atoms with Gasteiger partial charge in [-0.15, -0.1) is 0 Å². The molecular weight excluding hydrogens is 184 g/mol. The summed E-state index contributed by atoms with van der Waals surface area (Å²) in [4.78, 5) is 2.76. The second-order valence-electron chi connectivity index (χ2n) is 5.66. The highest BCUT2D eigenvalue weighted by molar-refractivity contribution is 4.88. The molecule has 2 rings (SSSR count). The van der Waals surface area contributed by atoms with Crippen molar-refractivity contribution in [3.63, 3.8) is 0 Å². The van der Waals surface area contributed by atoms with Crippen LogP contribution in [0.1, 0.15) is 45.4 Å². The molecule has 15 heavy (non-hydrogen) atoms. The van der Waals surface area contributed by atoms with Crippen LogP contribution in [0.2, 0.25) is 0 Å². The van der Waals surface area contributed by atoms with Crippen LogP contribution < -0.4 is 5.73 Å². The van der Waals surface area contributed by atoms with E-state index in [0.29, 0.717) is 0 Å². The second kappa shape index (κ2) is 5.31. The summed E-state index contributed by atoms with van der Waals surface area (Å²) in [7, 11) is 0. The van der Waals surface area contributed by atoms with Crippen molar-refractivity contribution in [3.05, 3.63) is 0 Å². The fourth-order valence-corrected chi connectivity index (χ4v) is 2.40. The predicted molar refractivity (Wildman–Crippen MR) is 64.8 cm³/mol. The van der Waals surface area contributed by atoms with E-state index in [1.807, 2.05) is 0 Å². The van der Waals surface area contributed by atoms with Crippen LogP contribution in [-0.4, -0.2) is 30.6 Å². The monoisotopic (exact) mass is 210 g/mol. The third-order valence-electron chi connectivity index (χ3n) is 3.70. The average Bonchev–Trinajstić information content (AvgIpc) is 3.02. The fourth-order valence-electron chi connectivity index (χ4n) is 2.40. The van der Waals surface area contributed by atoms with Gasteiger partial charge in [0.15, 0.2) is 0 Å². The van der Waals surface area contributed by atoms with Gasteiger partial charge in [-0.05, 0) is 56.9 Å². The Balaban J connectivity index is 1.67. The van der Waals surface area contributed by atoms with Crippen molar-refractivity contribution in [3.8, 4) is 0 Å². The van der Waals surface area contributed by atoms with E-state index in [1.165, 1.54) is 51.6 Å². The van der Waals surface area contributed by atoms with E-state index < -0.39 is 0 Å². The van der Waals surface area contributed by atoms with E-state index in [2.05, 4.69) is 11.8 Å². The fraction of sp³-hybridized carbons (Fsp3) is 1.00. The number of rotatable bonds is 8. The summed E-state index contributed by atoms with van der Waals surface area (Å²) < 4.78 is 0. The third-order valence-corrected chi connectivity index (χ3v) is 3.70. The summed E-state index contributed by atoms with van der Waals surface area (Å²) in [6.45, 7) is 5.95. The highest BCUT2D eigenvalue weighted by Crippen LogP contribution is 2.35. The Morgan fingerprint density at radius 3 is 2.53 bits per heavy atom. The molecule has 2 aliphatic rings. The molecule has 2 saturated carbocycles. The van der Waals surface area contributed by atoms with Gasteiger partial charge in [0.25, 0.3) is 0 Å². The minimum Gasteiger partial charge on any atom is -0.330 e. The maximum atomic E-state index is 5.56. The van der Waals surface area contributed by atoms with Crippen LogP contribution in [0.5, 0.6) is 0 Å². The topological polar surface area (TPSA) is 29.3 Å². The van der Waals surface area contributed by atoms with Crippen LogP contribution >= 0.6 is 0 Å². The normalized spacial score (nSPS) is 23.4. The molecule has 2 nitrogen and oxygen atoms in total. The molecule has 0 aromatic carbocycles. The number of hydrogen-bond acceptors (Lipinski definition) is 2. The molecule has 88 valence electrons. The lowest BCUT2D eigenvalue weighted by Crippen LogP contribution is -2.32. The Bertz CT molecular complexity index is 185. The van der Waals surface area contributed by atoms with E-state index in [0.717, 1.165) is 24.4 Å². The molecule has 0 aromatic heterocycles. The SMILES string of the molecule is CC(CCCN)CN(CC1CC1)C1CC1. The lowest BCUT2D eigenvalue weighted by atomic mass is 10.0. The van der Waals surface area contributed by atoms with E-state index in [1.54, 1.807) is 0 Å². The van der Waals surface area contributed by atoms with Crippen molar-refractivity contribution in [1.82, 2.24) is 4.90 Å². The van der Waals surface area contributed by atoms with Crippen LogP contribution in [0.3, 0.4) is 0 Å². The van der Waals surface area contributed by atoms with E-state index >= 15 is 0 Å². The molecule has 2 aliphatic carbocycles. The van der Waals surface area contributed by atoms with Gasteiger partial charge in [-0.25, -0.2) is 0 Å². The molecular formula is C13H26N2. The second-order valence-corrected chi connectivity index (χ2v) is 5.66. The first-order valence-electron chi connectivity index (χ1n) is 6.73. The third kappa shape index (κ3) is 4.12. The van der Waals surface area contributed by atoms with Crippen molar-refractivity contribution in [1.29, 1.82) is 0 Å². The van der Waals surface area contributed by atoms with Crippen LogP contribution in [0.4, 0.5) is 0 Å². The first-order chi connectivity index (χ1) is 7.29. The first-order valence-corrected chi connectivity index (χ1v) is 6.73. The lowest BCUT2D eigenvalue weighted by molar-refractivity contribution is 0.213. The molecule has 2 N–H and O–H groups in total. The maximum absolute atomic E-state index is 5.56. The molecule has 0 saturated heterocycles. The van der Waals surface area contributed by atoms with Gasteiger partial charge in [0.1, 0.15) is 0 Å². The molecule has 0 bridgehead atoms. The number of nitrogens with zero attached hydrogens (tertiary/aromatic N) is 1. The highest BCUT2D eigenvalue weighted by atomic mass is 15.2. The molecule has 1 atom stereocenters. The molecule has 1 unspecified atom stereocenters. The van der Waals surface area contributed by atoms with Gasteiger partial charge >= 0.3 is 0 Å².